The molecule has 1 aliphatic rings. The molecule has 2 aromatic carbocycles. The number of amides is 1. The summed E-state index contributed by atoms with van der Waals surface area (Å²) in [5, 5.41) is 21.6. The molecule has 14 heteroatoms. The minimum atomic E-state index is -0.250. The number of ether oxygens (including phenoxy) is 1. The Morgan fingerprint density at radius 1 is 1.13 bits per heavy atom. The highest BCUT2D eigenvalue weighted by Gasteiger charge is 2.22. The van der Waals surface area contributed by atoms with E-state index in [-0.39, 0.29) is 18.4 Å². The van der Waals surface area contributed by atoms with Crippen LogP contribution < -0.4 is 21.7 Å². The van der Waals surface area contributed by atoms with E-state index in [1.165, 1.54) is 18.0 Å². The molecule has 250 valence electrons. The van der Waals surface area contributed by atoms with Gasteiger partial charge in [-0.05, 0) is 43.2 Å². The third kappa shape index (κ3) is 12.9. The summed E-state index contributed by atoms with van der Waals surface area (Å²) in [5.74, 6) is 0.850. The number of rotatable bonds is 4. The van der Waals surface area contributed by atoms with Crippen molar-refractivity contribution in [1.82, 2.24) is 25.1 Å². The predicted octanol–water partition coefficient (Wildman–Crippen LogP) is 5.75. The van der Waals surface area contributed by atoms with Gasteiger partial charge in [0.05, 0.1) is 31.2 Å². The highest BCUT2D eigenvalue weighted by molar-refractivity contribution is 6.30. The van der Waals surface area contributed by atoms with Gasteiger partial charge in [-0.1, -0.05) is 56.5 Å². The number of aromatic amines is 1. The highest BCUT2D eigenvalue weighted by atomic mass is 35.5. The predicted molar refractivity (Wildman–Crippen MR) is 183 cm³/mol. The minimum absolute atomic E-state index is 0.224. The number of carbonyl (C=O) groups is 3. The quantitative estimate of drug-likeness (QED) is 0.148. The summed E-state index contributed by atoms with van der Waals surface area (Å²) >= 11 is 5.54. The number of hydrogen-bond acceptors (Lipinski definition) is 9. The summed E-state index contributed by atoms with van der Waals surface area (Å²) < 4.78 is 5.35. The van der Waals surface area contributed by atoms with E-state index in [1.54, 1.807) is 7.05 Å². The summed E-state index contributed by atoms with van der Waals surface area (Å²) in [6.07, 6.45) is 7.21. The van der Waals surface area contributed by atoms with E-state index in [2.05, 4.69) is 47.9 Å². The molecule has 5 rings (SSSR count). The SMILES string of the molecule is CC.CNc1ccc2c(c1)NCCCCC[C@H](NC(=O)c1cnn(C)c1N)c1ncc-2[nH]1.COC=O.Clc1ccccc1.O=CO. The number of carbonyl (C=O) groups excluding carboxylic acids is 2. The van der Waals surface area contributed by atoms with Crippen molar-refractivity contribution in [3.63, 3.8) is 0 Å². The Kier molecular flexibility index (Phi) is 19.0. The standard InChI is InChI=1S/C21H28N8O.C6H5Cl.C2H4O2.C2H6.CH2O2/c1-23-13-7-8-14-17(10-13)24-9-5-3-4-6-16(20-25-12-18(14)27-20)28-21(30)15-11-26-29(2)19(15)22;7-6-4-2-1-3-5-6;1-4-2-3;1-2;2-1-3/h7-8,10-12,16,23-24H,3-6,9,22H2,1-2H3,(H,25,27)(H,28,30);1-5H;2H,1H3;1-2H3;1H,(H,2,3)/t16-;;;;/m0..../s1. The Bertz CT molecular complexity index is 1450. The molecule has 2 aromatic heterocycles. The number of nitrogens with two attached hydrogens (primary N) is 1. The lowest BCUT2D eigenvalue weighted by molar-refractivity contribution is -0.126. The van der Waals surface area contributed by atoms with Gasteiger partial charge < -0.3 is 36.5 Å². The Morgan fingerprint density at radius 2 is 1.80 bits per heavy atom. The Hall–Kier alpha value is -5.04. The van der Waals surface area contributed by atoms with Crippen molar-refractivity contribution in [3.05, 3.63) is 77.3 Å². The average molecular weight is 657 g/mol. The normalized spacial score (nSPS) is 13.0. The van der Waals surface area contributed by atoms with Gasteiger partial charge in [-0.2, -0.15) is 5.10 Å². The van der Waals surface area contributed by atoms with Crippen molar-refractivity contribution in [2.45, 2.75) is 45.6 Å². The van der Waals surface area contributed by atoms with Crippen LogP contribution in [0.2, 0.25) is 5.02 Å². The van der Waals surface area contributed by atoms with Gasteiger partial charge in [-0.15, -0.1) is 0 Å². The first kappa shape index (κ1) is 39.0. The number of nitrogens with one attached hydrogen (secondary N) is 4. The number of aromatic nitrogens is 4. The van der Waals surface area contributed by atoms with E-state index in [9.17, 15) is 4.79 Å². The Balaban J connectivity index is 0.000000548. The van der Waals surface area contributed by atoms with Gasteiger partial charge in [-0.3, -0.25) is 19.1 Å². The first-order valence-corrected chi connectivity index (χ1v) is 15.1. The topological polar surface area (TPSA) is 189 Å². The molecule has 0 saturated heterocycles. The number of carboxylic acid groups (broad SMARTS) is 1. The first-order valence-electron chi connectivity index (χ1n) is 14.7. The third-order valence-corrected chi connectivity index (χ3v) is 6.62. The molecule has 0 spiro atoms. The second-order valence-corrected chi connectivity index (χ2v) is 9.73. The van der Waals surface area contributed by atoms with Crippen LogP contribution in [0.5, 0.6) is 0 Å². The fourth-order valence-corrected chi connectivity index (χ4v) is 4.30. The maximum Gasteiger partial charge on any atom is 0.292 e. The monoisotopic (exact) mass is 656 g/mol. The number of hydrogen-bond donors (Lipinski definition) is 6. The summed E-state index contributed by atoms with van der Waals surface area (Å²) in [4.78, 5) is 38.1. The maximum atomic E-state index is 12.8. The van der Waals surface area contributed by atoms with Crippen molar-refractivity contribution >= 4 is 47.6 Å². The molecule has 1 amide bonds. The molecule has 4 aromatic rings. The number of H-pyrrole nitrogens is 1. The van der Waals surface area contributed by atoms with Gasteiger partial charge >= 0.3 is 0 Å². The van der Waals surface area contributed by atoms with Crippen molar-refractivity contribution in [1.29, 1.82) is 0 Å². The second kappa shape index (κ2) is 22.5. The fraction of sp³-hybridized carbons (Fsp3) is 0.344. The molecule has 0 fully saturated rings. The third-order valence-electron chi connectivity index (χ3n) is 6.37. The van der Waals surface area contributed by atoms with Gasteiger partial charge in [0.2, 0.25) is 0 Å². The van der Waals surface area contributed by atoms with Crippen LogP contribution in [0.25, 0.3) is 11.3 Å². The van der Waals surface area contributed by atoms with E-state index in [1.807, 2.05) is 63.5 Å². The van der Waals surface area contributed by atoms with Crippen LogP contribution in [0.1, 0.15) is 61.8 Å². The molecule has 13 nitrogen and oxygen atoms in total. The summed E-state index contributed by atoms with van der Waals surface area (Å²) in [6.45, 7) is 5.02. The number of nitrogens with zero attached hydrogens (tertiary/aromatic N) is 3. The van der Waals surface area contributed by atoms with Crippen molar-refractivity contribution < 1.29 is 24.2 Å². The molecule has 0 radical (unpaired) electrons. The van der Waals surface area contributed by atoms with Crippen LogP contribution in [-0.2, 0) is 21.4 Å². The molecule has 46 heavy (non-hydrogen) atoms. The maximum absolute atomic E-state index is 12.8. The molecule has 1 aliphatic heterocycles. The second-order valence-electron chi connectivity index (χ2n) is 9.29. The number of aryl methyl sites for hydroxylation is 1. The number of imidazole rings is 1. The minimum Gasteiger partial charge on any atom is -0.483 e. The summed E-state index contributed by atoms with van der Waals surface area (Å²) in [5.41, 5.74) is 10.4. The van der Waals surface area contributed by atoms with Crippen LogP contribution in [0, 0.1) is 0 Å². The lowest BCUT2D eigenvalue weighted by Crippen LogP contribution is -2.30. The van der Waals surface area contributed by atoms with Crippen LogP contribution in [0.3, 0.4) is 0 Å². The zero-order valence-electron chi connectivity index (χ0n) is 26.9. The van der Waals surface area contributed by atoms with Crippen molar-refractivity contribution in [2.75, 3.05) is 37.1 Å². The lowest BCUT2D eigenvalue weighted by Gasteiger charge is -2.18. The number of nitrogen functional groups attached to an aromatic ring is 1. The van der Waals surface area contributed by atoms with E-state index in [4.69, 9.17) is 32.0 Å². The molecule has 0 aliphatic carbocycles. The molecule has 0 unspecified atom stereocenters. The number of fused-ring (bicyclic) bond motifs is 4. The Labute approximate surface area is 274 Å². The molecule has 7 N–H and O–H groups in total. The number of methoxy groups -OCH3 is 1. The summed E-state index contributed by atoms with van der Waals surface area (Å²) in [6, 6.07) is 15.4. The molecule has 0 saturated carbocycles. The number of benzene rings is 2. The Morgan fingerprint density at radius 3 is 2.35 bits per heavy atom. The van der Waals surface area contributed by atoms with E-state index < -0.39 is 0 Å². The van der Waals surface area contributed by atoms with Crippen molar-refractivity contribution in [3.8, 4) is 11.3 Å². The number of halogens is 1. The van der Waals surface area contributed by atoms with Gasteiger partial charge in [-0.25, -0.2) is 4.98 Å². The van der Waals surface area contributed by atoms with E-state index in [0.717, 1.165) is 65.7 Å². The average Bonchev–Trinajstić information content (AvgIpc) is 3.70. The van der Waals surface area contributed by atoms with Gasteiger partial charge in [0, 0.05) is 42.6 Å². The number of anilines is 3. The van der Waals surface area contributed by atoms with Crippen LogP contribution in [0.15, 0.2) is 60.9 Å². The van der Waals surface area contributed by atoms with Gasteiger partial charge in [0.1, 0.15) is 17.2 Å². The first-order chi connectivity index (χ1) is 22.3. The molecular weight excluding hydrogens is 612 g/mol. The van der Waals surface area contributed by atoms with Crippen LogP contribution in [-0.4, -0.2) is 64.4 Å². The zero-order valence-corrected chi connectivity index (χ0v) is 27.7. The molecule has 2 bridgehead atoms. The lowest BCUT2D eigenvalue weighted by atomic mass is 10.1. The van der Waals surface area contributed by atoms with E-state index >= 15 is 0 Å². The zero-order chi connectivity index (χ0) is 34.3. The smallest absolute Gasteiger partial charge is 0.292 e. The van der Waals surface area contributed by atoms with Gasteiger partial charge in [0.15, 0.2) is 0 Å². The van der Waals surface area contributed by atoms with Gasteiger partial charge in [0.25, 0.3) is 18.9 Å². The largest absolute Gasteiger partial charge is 0.483 e. The van der Waals surface area contributed by atoms with Crippen LogP contribution >= 0.6 is 11.6 Å². The molecule has 1 atom stereocenters. The fourth-order valence-electron chi connectivity index (χ4n) is 4.15. The molecule has 3 heterocycles. The molecular formula is C32H45ClN8O5. The van der Waals surface area contributed by atoms with Crippen LogP contribution in [0.4, 0.5) is 17.2 Å². The highest BCUT2D eigenvalue weighted by Crippen LogP contribution is 2.31. The van der Waals surface area contributed by atoms with Crippen molar-refractivity contribution in [2.24, 2.45) is 7.05 Å². The van der Waals surface area contributed by atoms with E-state index in [0.29, 0.717) is 17.9 Å². The summed E-state index contributed by atoms with van der Waals surface area (Å²) in [7, 11) is 4.94.